The standard InChI is InChI=1S/C36H33O3P/c37-31-23-19-29(20-24-31)18-21-30-22-25-32(28-36(30)38)39-26-10-11-27-40(33-12-4-1-5-13-33,34-14-6-2-7-15-34)35-16-8-3-9-17-35/h1-9,12-25,28H,10-11,26-27H2,(H-,37,38)/p+1/b21-18+. The highest BCUT2D eigenvalue weighted by Gasteiger charge is 2.44. The van der Waals surface area contributed by atoms with Gasteiger partial charge in [0.05, 0.1) is 12.8 Å². The molecule has 0 radical (unpaired) electrons. The average molecular weight is 546 g/mol. The van der Waals surface area contributed by atoms with Gasteiger partial charge in [0, 0.05) is 11.6 Å². The maximum atomic E-state index is 10.5. The second-order valence-electron chi connectivity index (χ2n) is 9.74. The number of rotatable bonds is 11. The Balaban J connectivity index is 1.26. The van der Waals surface area contributed by atoms with Crippen molar-refractivity contribution in [3.63, 3.8) is 0 Å². The maximum absolute atomic E-state index is 10.5. The molecule has 5 aromatic rings. The summed E-state index contributed by atoms with van der Waals surface area (Å²) in [6.07, 6.45) is 6.74. The van der Waals surface area contributed by atoms with Gasteiger partial charge in [0.1, 0.15) is 40.4 Å². The second-order valence-corrected chi connectivity index (χ2v) is 13.4. The van der Waals surface area contributed by atoms with Gasteiger partial charge in [-0.2, -0.15) is 0 Å². The summed E-state index contributed by atoms with van der Waals surface area (Å²) < 4.78 is 6.05. The van der Waals surface area contributed by atoms with E-state index in [0.717, 1.165) is 24.6 Å². The van der Waals surface area contributed by atoms with Crippen molar-refractivity contribution >= 4 is 35.3 Å². The van der Waals surface area contributed by atoms with Crippen LogP contribution in [0.25, 0.3) is 12.2 Å². The molecule has 0 saturated carbocycles. The highest BCUT2D eigenvalue weighted by atomic mass is 31.2. The van der Waals surface area contributed by atoms with E-state index >= 15 is 0 Å². The van der Waals surface area contributed by atoms with E-state index in [2.05, 4.69) is 91.0 Å². The van der Waals surface area contributed by atoms with Crippen LogP contribution in [0.15, 0.2) is 133 Å². The van der Waals surface area contributed by atoms with Gasteiger partial charge in [0.2, 0.25) is 0 Å². The lowest BCUT2D eigenvalue weighted by Gasteiger charge is -2.27. The fourth-order valence-electron chi connectivity index (χ4n) is 5.05. The lowest BCUT2D eigenvalue weighted by Crippen LogP contribution is -2.33. The number of ether oxygens (including phenoxy) is 1. The molecule has 5 aromatic carbocycles. The molecule has 0 fully saturated rings. The molecular formula is C36H34O3P+. The molecule has 0 aliphatic heterocycles. The number of phenols is 2. The van der Waals surface area contributed by atoms with Gasteiger partial charge >= 0.3 is 0 Å². The van der Waals surface area contributed by atoms with Gasteiger partial charge in [-0.3, -0.25) is 0 Å². The minimum atomic E-state index is -1.83. The van der Waals surface area contributed by atoms with Gasteiger partial charge in [0.25, 0.3) is 0 Å². The first-order chi connectivity index (χ1) is 19.6. The quantitative estimate of drug-likeness (QED) is 0.103. The highest BCUT2D eigenvalue weighted by Crippen LogP contribution is 2.55. The summed E-state index contributed by atoms with van der Waals surface area (Å²) in [6, 6.07) is 45.2. The van der Waals surface area contributed by atoms with Gasteiger partial charge in [-0.25, -0.2) is 0 Å². The molecule has 0 bridgehead atoms. The SMILES string of the molecule is Oc1ccc(/C=C/c2ccc(OCCCC[P+](c3ccccc3)(c3ccccc3)c3ccccc3)cc2O)cc1. The zero-order valence-corrected chi connectivity index (χ0v) is 23.3. The van der Waals surface area contributed by atoms with Crippen LogP contribution in [-0.2, 0) is 0 Å². The van der Waals surface area contributed by atoms with Crippen molar-refractivity contribution in [1.29, 1.82) is 0 Å². The predicted molar refractivity (Wildman–Crippen MR) is 170 cm³/mol. The second kappa shape index (κ2) is 13.2. The van der Waals surface area contributed by atoms with E-state index in [9.17, 15) is 10.2 Å². The van der Waals surface area contributed by atoms with Gasteiger partial charge in [0.15, 0.2) is 0 Å². The third-order valence-electron chi connectivity index (χ3n) is 7.10. The first kappa shape index (κ1) is 27.2. The molecule has 0 spiro atoms. The van der Waals surface area contributed by atoms with Crippen LogP contribution in [0, 0.1) is 0 Å². The zero-order valence-electron chi connectivity index (χ0n) is 22.4. The third kappa shape index (κ3) is 6.45. The Labute approximate surface area is 237 Å². The molecule has 40 heavy (non-hydrogen) atoms. The molecule has 0 heterocycles. The molecule has 0 amide bonds. The number of hydrogen-bond donors (Lipinski definition) is 2. The van der Waals surface area contributed by atoms with E-state index in [1.165, 1.54) is 15.9 Å². The molecule has 0 unspecified atom stereocenters. The van der Waals surface area contributed by atoms with E-state index in [1.54, 1.807) is 18.2 Å². The summed E-state index contributed by atoms with van der Waals surface area (Å²) in [7, 11) is -1.83. The molecule has 0 atom stereocenters. The molecular weight excluding hydrogens is 511 g/mol. The molecule has 0 saturated heterocycles. The van der Waals surface area contributed by atoms with Gasteiger partial charge in [-0.15, -0.1) is 0 Å². The van der Waals surface area contributed by atoms with E-state index in [1.807, 2.05) is 36.4 Å². The smallest absolute Gasteiger partial charge is 0.126 e. The van der Waals surface area contributed by atoms with E-state index in [4.69, 9.17) is 4.74 Å². The molecule has 0 aromatic heterocycles. The minimum absolute atomic E-state index is 0.176. The summed E-state index contributed by atoms with van der Waals surface area (Å²) in [5, 5.41) is 24.2. The average Bonchev–Trinajstić information content (AvgIpc) is 3.01. The van der Waals surface area contributed by atoms with Crippen LogP contribution in [0.5, 0.6) is 17.2 Å². The van der Waals surface area contributed by atoms with Gasteiger partial charge in [-0.05, 0) is 79.1 Å². The number of aromatic hydroxyl groups is 2. The molecule has 3 nitrogen and oxygen atoms in total. The number of benzene rings is 5. The van der Waals surface area contributed by atoms with Crippen molar-refractivity contribution < 1.29 is 14.9 Å². The predicted octanol–water partition coefficient (Wildman–Crippen LogP) is 7.42. The minimum Gasteiger partial charge on any atom is -0.508 e. The van der Waals surface area contributed by atoms with Crippen molar-refractivity contribution in [3.05, 3.63) is 145 Å². The molecule has 2 N–H and O–H groups in total. The first-order valence-electron chi connectivity index (χ1n) is 13.6. The van der Waals surface area contributed by atoms with Crippen LogP contribution in [-0.4, -0.2) is 23.0 Å². The summed E-state index contributed by atoms with van der Waals surface area (Å²) in [5.41, 5.74) is 1.65. The fraction of sp³-hybridized carbons (Fsp3) is 0.111. The molecule has 0 aliphatic carbocycles. The first-order valence-corrected chi connectivity index (χ1v) is 15.6. The van der Waals surface area contributed by atoms with Gasteiger partial charge in [-0.1, -0.05) is 78.9 Å². The summed E-state index contributed by atoms with van der Waals surface area (Å²) in [6.45, 7) is 0.584. The third-order valence-corrected chi connectivity index (χ3v) is 11.6. The van der Waals surface area contributed by atoms with Gasteiger partial charge < -0.3 is 14.9 Å². The van der Waals surface area contributed by atoms with Crippen molar-refractivity contribution in [3.8, 4) is 17.2 Å². The van der Waals surface area contributed by atoms with Crippen molar-refractivity contribution in [2.75, 3.05) is 12.8 Å². The lowest BCUT2D eigenvalue weighted by atomic mass is 10.1. The largest absolute Gasteiger partial charge is 0.508 e. The van der Waals surface area contributed by atoms with E-state index in [0.29, 0.717) is 17.9 Å². The Morgan fingerprint density at radius 3 is 1.65 bits per heavy atom. The van der Waals surface area contributed by atoms with Crippen LogP contribution in [0.1, 0.15) is 24.0 Å². The van der Waals surface area contributed by atoms with E-state index < -0.39 is 7.26 Å². The van der Waals surface area contributed by atoms with Crippen molar-refractivity contribution in [1.82, 2.24) is 0 Å². The summed E-state index contributed by atoms with van der Waals surface area (Å²) >= 11 is 0. The fourth-order valence-corrected chi connectivity index (χ4v) is 9.46. The molecule has 4 heteroatoms. The van der Waals surface area contributed by atoms with E-state index in [-0.39, 0.29) is 11.5 Å². The van der Waals surface area contributed by atoms with Crippen LogP contribution in [0.2, 0.25) is 0 Å². The van der Waals surface area contributed by atoms with Crippen LogP contribution >= 0.6 is 7.26 Å². The summed E-state index contributed by atoms with van der Waals surface area (Å²) in [5.74, 6) is 1.07. The monoisotopic (exact) mass is 545 g/mol. The Morgan fingerprint density at radius 2 is 1.12 bits per heavy atom. The highest BCUT2D eigenvalue weighted by molar-refractivity contribution is 7.95. The lowest BCUT2D eigenvalue weighted by molar-refractivity contribution is 0.308. The van der Waals surface area contributed by atoms with Crippen LogP contribution < -0.4 is 20.7 Å². The number of hydrogen-bond acceptors (Lipinski definition) is 3. The van der Waals surface area contributed by atoms with Crippen LogP contribution in [0.3, 0.4) is 0 Å². The number of unbranched alkanes of at least 4 members (excludes halogenated alkanes) is 1. The Bertz CT molecular complexity index is 1420. The zero-order chi connectivity index (χ0) is 27.6. The molecule has 200 valence electrons. The molecule has 5 rings (SSSR count). The van der Waals surface area contributed by atoms with Crippen LogP contribution in [0.4, 0.5) is 0 Å². The Morgan fingerprint density at radius 1 is 0.575 bits per heavy atom. The number of phenolic OH excluding ortho intramolecular Hbond substituents is 2. The van der Waals surface area contributed by atoms with Crippen molar-refractivity contribution in [2.45, 2.75) is 12.8 Å². The Hall–Kier alpha value is -4.33. The maximum Gasteiger partial charge on any atom is 0.126 e. The normalized spacial score (nSPS) is 11.5. The summed E-state index contributed by atoms with van der Waals surface area (Å²) in [4.78, 5) is 0. The van der Waals surface area contributed by atoms with Crippen molar-refractivity contribution in [2.24, 2.45) is 0 Å². The molecule has 0 aliphatic rings. The topological polar surface area (TPSA) is 49.7 Å². The Kier molecular flexibility index (Phi) is 8.96.